The first-order valence-corrected chi connectivity index (χ1v) is 16.9. The van der Waals surface area contributed by atoms with E-state index < -0.39 is 28.5 Å². The molecule has 0 saturated carbocycles. The summed E-state index contributed by atoms with van der Waals surface area (Å²) >= 11 is 7.94. The third-order valence-corrected chi connectivity index (χ3v) is 9.50. The quantitative estimate of drug-likeness (QED) is 0.207. The van der Waals surface area contributed by atoms with Crippen LogP contribution in [0.25, 0.3) is 0 Å². The maximum Gasteiger partial charge on any atom is 0.264 e. The summed E-state index contributed by atoms with van der Waals surface area (Å²) in [6.45, 7) is 6.05. The van der Waals surface area contributed by atoms with Crippen LogP contribution in [-0.4, -0.2) is 57.1 Å². The molecule has 0 radical (unpaired) electrons. The van der Waals surface area contributed by atoms with Gasteiger partial charge in [0.25, 0.3) is 10.0 Å². The van der Waals surface area contributed by atoms with Crippen LogP contribution in [0.5, 0.6) is 5.75 Å². The molecule has 3 aromatic rings. The largest absolute Gasteiger partial charge is 0.494 e. The standard InChI is InChI=1S/C31H38ClN3O5S2/c1-5-20-33-31(37)29(6-2)34(21-23-10-8-9-11-28(23)32)30(36)22-35(24-12-14-25(15-13-24)40-7-3)42(38,39)27-18-16-26(41-4)17-19-27/h8-19,29H,5-7,20-22H2,1-4H3,(H,33,37)/t29-/m1/s1. The first kappa shape index (κ1) is 33.3. The van der Waals surface area contributed by atoms with Crippen molar-refractivity contribution in [2.24, 2.45) is 0 Å². The molecule has 3 rings (SSSR count). The Balaban J connectivity index is 2.07. The van der Waals surface area contributed by atoms with Crippen LogP contribution < -0.4 is 14.4 Å². The second kappa shape index (κ2) is 15.9. The number of rotatable bonds is 15. The zero-order valence-corrected chi connectivity index (χ0v) is 26.8. The molecule has 0 bridgehead atoms. The number of hydrogen-bond donors (Lipinski definition) is 1. The number of amides is 2. The van der Waals surface area contributed by atoms with E-state index in [2.05, 4.69) is 5.32 Å². The molecule has 42 heavy (non-hydrogen) atoms. The van der Waals surface area contributed by atoms with Gasteiger partial charge in [0, 0.05) is 23.0 Å². The van der Waals surface area contributed by atoms with Gasteiger partial charge in [-0.15, -0.1) is 11.8 Å². The number of nitrogens with zero attached hydrogens (tertiary/aromatic N) is 2. The van der Waals surface area contributed by atoms with E-state index in [1.807, 2.05) is 27.0 Å². The van der Waals surface area contributed by atoms with Crippen molar-refractivity contribution >= 4 is 50.9 Å². The summed E-state index contributed by atoms with van der Waals surface area (Å²) in [5.74, 6) is -0.261. The van der Waals surface area contributed by atoms with E-state index in [1.54, 1.807) is 60.7 Å². The second-order valence-corrected chi connectivity index (χ2v) is 12.6. The molecule has 0 aliphatic heterocycles. The molecule has 0 heterocycles. The number of sulfonamides is 1. The van der Waals surface area contributed by atoms with Gasteiger partial charge in [0.2, 0.25) is 11.8 Å². The minimum atomic E-state index is -4.17. The lowest BCUT2D eigenvalue weighted by Crippen LogP contribution is -2.52. The summed E-state index contributed by atoms with van der Waals surface area (Å²) in [4.78, 5) is 29.7. The fourth-order valence-corrected chi connectivity index (χ4v) is 6.39. The molecule has 1 atom stereocenters. The smallest absolute Gasteiger partial charge is 0.264 e. The molecule has 8 nitrogen and oxygen atoms in total. The molecule has 226 valence electrons. The SMILES string of the molecule is CCCNC(=O)[C@@H](CC)N(Cc1ccccc1Cl)C(=O)CN(c1ccc(OCC)cc1)S(=O)(=O)c1ccc(SC)cc1. The zero-order valence-electron chi connectivity index (χ0n) is 24.4. The number of thioether (sulfide) groups is 1. The van der Waals surface area contributed by atoms with Gasteiger partial charge in [-0.3, -0.25) is 13.9 Å². The average Bonchev–Trinajstić information content (AvgIpc) is 3.00. The van der Waals surface area contributed by atoms with Gasteiger partial charge in [0.1, 0.15) is 18.3 Å². The molecule has 0 spiro atoms. The first-order chi connectivity index (χ1) is 20.2. The van der Waals surface area contributed by atoms with Crippen LogP contribution in [0.4, 0.5) is 5.69 Å². The molecule has 0 aromatic heterocycles. The lowest BCUT2D eigenvalue weighted by molar-refractivity contribution is -0.140. The predicted molar refractivity (Wildman–Crippen MR) is 170 cm³/mol. The molecule has 0 aliphatic rings. The van der Waals surface area contributed by atoms with E-state index in [1.165, 1.54) is 28.8 Å². The van der Waals surface area contributed by atoms with E-state index in [0.717, 1.165) is 15.6 Å². The Bertz CT molecular complexity index is 1430. The third-order valence-electron chi connectivity index (χ3n) is 6.60. The van der Waals surface area contributed by atoms with Crippen molar-refractivity contribution in [2.45, 2.75) is 56.0 Å². The minimum absolute atomic E-state index is 0.0378. The van der Waals surface area contributed by atoms with Crippen molar-refractivity contribution in [3.05, 3.63) is 83.4 Å². The fraction of sp³-hybridized carbons (Fsp3) is 0.355. The third kappa shape index (κ3) is 8.42. The Morgan fingerprint density at radius 1 is 0.976 bits per heavy atom. The first-order valence-electron chi connectivity index (χ1n) is 13.9. The lowest BCUT2D eigenvalue weighted by Gasteiger charge is -2.33. The summed E-state index contributed by atoms with van der Waals surface area (Å²) in [5.41, 5.74) is 0.944. The Kier molecular flexibility index (Phi) is 12.6. The molecule has 0 saturated heterocycles. The van der Waals surface area contributed by atoms with E-state index in [-0.39, 0.29) is 17.3 Å². The number of carbonyl (C=O) groups excluding carboxylic acids is 2. The lowest BCUT2D eigenvalue weighted by atomic mass is 10.1. The molecule has 0 fully saturated rings. The summed E-state index contributed by atoms with van der Waals surface area (Å²) in [6.07, 6.45) is 2.97. The van der Waals surface area contributed by atoms with Crippen molar-refractivity contribution in [2.75, 3.05) is 30.3 Å². The molecule has 2 amide bonds. The Morgan fingerprint density at radius 2 is 1.64 bits per heavy atom. The highest BCUT2D eigenvalue weighted by Crippen LogP contribution is 2.28. The van der Waals surface area contributed by atoms with Crippen molar-refractivity contribution < 1.29 is 22.7 Å². The normalized spacial score (nSPS) is 11.9. The Morgan fingerprint density at radius 3 is 2.21 bits per heavy atom. The summed E-state index contributed by atoms with van der Waals surface area (Å²) in [7, 11) is -4.17. The van der Waals surface area contributed by atoms with Crippen molar-refractivity contribution in [1.82, 2.24) is 10.2 Å². The van der Waals surface area contributed by atoms with E-state index >= 15 is 0 Å². The highest BCUT2D eigenvalue weighted by molar-refractivity contribution is 7.98. The van der Waals surface area contributed by atoms with Gasteiger partial charge >= 0.3 is 0 Å². The van der Waals surface area contributed by atoms with Gasteiger partial charge in [0.05, 0.1) is 17.2 Å². The van der Waals surface area contributed by atoms with Crippen molar-refractivity contribution in [3.8, 4) is 5.75 Å². The topological polar surface area (TPSA) is 96.0 Å². The fourth-order valence-electron chi connectivity index (χ4n) is 4.37. The van der Waals surface area contributed by atoms with Gasteiger partial charge in [-0.25, -0.2) is 8.42 Å². The summed E-state index contributed by atoms with van der Waals surface area (Å²) in [6, 6.07) is 19.3. The average molecular weight is 632 g/mol. The molecule has 3 aromatic carbocycles. The van der Waals surface area contributed by atoms with Crippen molar-refractivity contribution in [1.29, 1.82) is 0 Å². The summed E-state index contributed by atoms with van der Waals surface area (Å²) in [5, 5.41) is 3.32. The van der Waals surface area contributed by atoms with Crippen LogP contribution >= 0.6 is 23.4 Å². The summed E-state index contributed by atoms with van der Waals surface area (Å²) < 4.78 is 34.7. The highest BCUT2D eigenvalue weighted by atomic mass is 35.5. The number of hydrogen-bond acceptors (Lipinski definition) is 6. The van der Waals surface area contributed by atoms with Gasteiger partial charge in [-0.05, 0) is 86.2 Å². The zero-order chi connectivity index (χ0) is 30.7. The molecule has 0 aliphatic carbocycles. The molecule has 1 N–H and O–H groups in total. The predicted octanol–water partition coefficient (Wildman–Crippen LogP) is 5.99. The van der Waals surface area contributed by atoms with E-state index in [9.17, 15) is 18.0 Å². The molecular formula is C31H38ClN3O5S2. The Labute approximate surface area is 258 Å². The highest BCUT2D eigenvalue weighted by Gasteiger charge is 2.34. The van der Waals surface area contributed by atoms with Crippen LogP contribution in [0.1, 0.15) is 39.2 Å². The number of anilines is 1. The molecular weight excluding hydrogens is 594 g/mol. The van der Waals surface area contributed by atoms with Crippen LogP contribution in [-0.2, 0) is 26.2 Å². The molecule has 0 unspecified atom stereocenters. The van der Waals surface area contributed by atoms with E-state index in [4.69, 9.17) is 16.3 Å². The maximum atomic E-state index is 14.1. The number of carbonyl (C=O) groups is 2. The number of benzene rings is 3. The number of ether oxygens (including phenoxy) is 1. The number of nitrogens with one attached hydrogen (secondary N) is 1. The Hall–Kier alpha value is -3.21. The minimum Gasteiger partial charge on any atom is -0.494 e. The molecule has 11 heteroatoms. The van der Waals surface area contributed by atoms with Crippen LogP contribution in [0.2, 0.25) is 5.02 Å². The van der Waals surface area contributed by atoms with Crippen LogP contribution in [0.15, 0.2) is 82.6 Å². The van der Waals surface area contributed by atoms with Crippen LogP contribution in [0.3, 0.4) is 0 Å². The van der Waals surface area contributed by atoms with Crippen LogP contribution in [0, 0.1) is 0 Å². The second-order valence-electron chi connectivity index (χ2n) is 9.44. The van der Waals surface area contributed by atoms with Crippen molar-refractivity contribution in [3.63, 3.8) is 0 Å². The van der Waals surface area contributed by atoms with Gasteiger partial charge in [-0.2, -0.15) is 0 Å². The van der Waals surface area contributed by atoms with E-state index in [0.29, 0.717) is 41.6 Å². The van der Waals surface area contributed by atoms with Gasteiger partial charge < -0.3 is 15.0 Å². The van der Waals surface area contributed by atoms with Gasteiger partial charge in [-0.1, -0.05) is 43.6 Å². The number of halogens is 1. The maximum absolute atomic E-state index is 14.1. The monoisotopic (exact) mass is 631 g/mol. The van der Waals surface area contributed by atoms with Gasteiger partial charge in [0.15, 0.2) is 0 Å².